The van der Waals surface area contributed by atoms with Gasteiger partial charge in [0, 0.05) is 47.4 Å². The second-order valence-corrected chi connectivity index (χ2v) is 18.4. The highest BCUT2D eigenvalue weighted by atomic mass is 32.2. The highest BCUT2D eigenvalue weighted by Gasteiger charge is 2.49. The van der Waals surface area contributed by atoms with Crippen LogP contribution in [0.1, 0.15) is 76.9 Å². The number of oxime groups is 1. The molecular weight excluding hydrogens is 823 g/mol. The number of carboxylic acid groups (broad SMARTS) is 2. The number of anilines is 1. The number of amidine groups is 1. The summed E-state index contributed by atoms with van der Waals surface area (Å²) in [6.07, 6.45) is 14.7. The summed E-state index contributed by atoms with van der Waals surface area (Å²) in [7, 11) is 0. The molecule has 16 nitrogen and oxygen atoms in total. The fourth-order valence-corrected chi connectivity index (χ4v) is 10.5. The summed E-state index contributed by atoms with van der Waals surface area (Å²) in [6, 6.07) is 1.01. The third kappa shape index (κ3) is 10.1. The van der Waals surface area contributed by atoms with Gasteiger partial charge in [0.05, 0.1) is 19.3 Å². The predicted octanol–water partition coefficient (Wildman–Crippen LogP) is 5.04. The van der Waals surface area contributed by atoms with Crippen LogP contribution >= 0.6 is 23.1 Å². The lowest BCUT2D eigenvalue weighted by Gasteiger charge is -2.26. The standard InChI is InChI=1S/C43H51N7O9S2/c1-22-17-26-9-6-24(7-11-28-18-30(49-58-28)38-45-14-15-46-38)5-8-25(26)10-12-33(22)57-16-13-27-20-60-37-29(23(2)34(27)40(53)54)19-32(51)36(37)48-39(52)35(31-21-61-42(44)47-31)50-59-43(3,4)41(55)56/h6,9-10,12,17-18,21,23-24,29,33,36-37H,5,7-8,11,13-16,19-20H2,1-4H3,(H2,44,47)(H,45,46)(H,48,52)(H,53,54)(H,55,56)/b50-35-/t23?,24?,29?,33?,36-,37+/m1/s1. The first kappa shape index (κ1) is 43.7. The number of ether oxygens (including phenoxy) is 1. The van der Waals surface area contributed by atoms with Gasteiger partial charge in [-0.3, -0.25) is 14.6 Å². The molecule has 6 atom stereocenters. The van der Waals surface area contributed by atoms with E-state index in [-0.39, 0.29) is 52.9 Å². The van der Waals surface area contributed by atoms with Crippen LogP contribution in [0.25, 0.3) is 0 Å². The number of carboxylic acids is 2. The highest BCUT2D eigenvalue weighted by Crippen LogP contribution is 2.45. The average Bonchev–Trinajstić information content (AvgIpc) is 4.01. The Hall–Kier alpha value is -5.33. The number of aryl methyl sites for hydroxylation is 1. The second-order valence-electron chi connectivity index (χ2n) is 16.4. The molecule has 61 heavy (non-hydrogen) atoms. The molecule has 0 bridgehead atoms. The van der Waals surface area contributed by atoms with Crippen LogP contribution in [-0.2, 0) is 35.2 Å². The number of thiazole rings is 1. The lowest BCUT2D eigenvalue weighted by Crippen LogP contribution is -2.47. The maximum atomic E-state index is 13.7. The summed E-state index contributed by atoms with van der Waals surface area (Å²) < 4.78 is 12.0. The van der Waals surface area contributed by atoms with E-state index >= 15 is 0 Å². The van der Waals surface area contributed by atoms with Gasteiger partial charge in [-0.2, -0.15) is 11.8 Å². The van der Waals surface area contributed by atoms with Crippen molar-refractivity contribution in [3.8, 4) is 0 Å². The van der Waals surface area contributed by atoms with Crippen LogP contribution in [0.5, 0.6) is 0 Å². The molecule has 4 unspecified atom stereocenters. The molecule has 2 aliphatic heterocycles. The molecule has 0 aromatic carbocycles. The summed E-state index contributed by atoms with van der Waals surface area (Å²) >= 11 is 2.49. The van der Waals surface area contributed by atoms with Crippen LogP contribution < -0.4 is 16.4 Å². The fraction of sp³-hybridized carbons (Fsp3) is 0.488. The molecule has 0 saturated heterocycles. The molecule has 18 heteroatoms. The number of ketones is 1. The van der Waals surface area contributed by atoms with Gasteiger partial charge in [-0.05, 0) is 86.5 Å². The Morgan fingerprint density at radius 3 is 2.72 bits per heavy atom. The van der Waals surface area contributed by atoms with Crippen LogP contribution in [-0.4, -0.2) is 104 Å². The van der Waals surface area contributed by atoms with E-state index < -0.39 is 40.7 Å². The fourth-order valence-electron chi connectivity index (χ4n) is 8.23. The van der Waals surface area contributed by atoms with Crippen molar-refractivity contribution in [2.24, 2.45) is 27.9 Å². The Bertz CT molecular complexity index is 2280. The minimum absolute atomic E-state index is 0.0603. The number of amides is 1. The van der Waals surface area contributed by atoms with E-state index in [0.717, 1.165) is 84.1 Å². The maximum Gasteiger partial charge on any atom is 0.350 e. The Labute approximate surface area is 361 Å². The van der Waals surface area contributed by atoms with E-state index in [0.29, 0.717) is 18.1 Å². The number of allylic oxidation sites excluding steroid dienone is 6. The van der Waals surface area contributed by atoms with Gasteiger partial charge >= 0.3 is 11.9 Å². The third-order valence-corrected chi connectivity index (χ3v) is 14.0. The molecule has 0 radical (unpaired) electrons. The van der Waals surface area contributed by atoms with Crippen molar-refractivity contribution >= 4 is 63.4 Å². The number of aliphatic carboxylic acids is 2. The smallest absolute Gasteiger partial charge is 0.350 e. The lowest BCUT2D eigenvalue weighted by molar-refractivity contribution is -0.161. The predicted molar refractivity (Wildman–Crippen MR) is 231 cm³/mol. The van der Waals surface area contributed by atoms with Crippen LogP contribution in [0, 0.1) is 17.8 Å². The first-order chi connectivity index (χ1) is 29.2. The lowest BCUT2D eigenvalue weighted by atomic mass is 9.83. The van der Waals surface area contributed by atoms with Gasteiger partial charge in [-0.1, -0.05) is 47.6 Å². The average molecular weight is 874 g/mol. The van der Waals surface area contributed by atoms with Gasteiger partial charge in [0.2, 0.25) is 5.60 Å². The molecule has 2 aromatic heterocycles. The zero-order valence-electron chi connectivity index (χ0n) is 34.5. The second kappa shape index (κ2) is 18.7. The molecule has 6 N–H and O–H groups in total. The minimum Gasteiger partial charge on any atom is -0.478 e. The van der Waals surface area contributed by atoms with Gasteiger partial charge in [0.15, 0.2) is 22.5 Å². The van der Waals surface area contributed by atoms with Crippen molar-refractivity contribution in [1.29, 1.82) is 0 Å². The molecule has 0 spiro atoms. The van der Waals surface area contributed by atoms with E-state index in [1.807, 2.05) is 19.9 Å². The number of nitrogens with zero attached hydrogens (tertiary/aromatic N) is 4. The number of carbonyl (C=O) groups excluding carboxylic acids is 2. The number of nitrogen functional groups attached to an aromatic ring is 1. The number of fused-ring (bicyclic) bond motifs is 1. The van der Waals surface area contributed by atoms with Gasteiger partial charge in [-0.25, -0.2) is 14.6 Å². The molecular formula is C43H51N7O9S2. The zero-order valence-corrected chi connectivity index (χ0v) is 36.1. The van der Waals surface area contributed by atoms with E-state index in [1.54, 1.807) is 0 Å². The molecule has 3 aliphatic carbocycles. The van der Waals surface area contributed by atoms with E-state index in [9.17, 15) is 29.4 Å². The Morgan fingerprint density at radius 2 is 2.00 bits per heavy atom. The number of aromatic nitrogens is 2. The molecule has 1 amide bonds. The van der Waals surface area contributed by atoms with Crippen molar-refractivity contribution in [3.05, 3.63) is 86.8 Å². The van der Waals surface area contributed by atoms with E-state index in [2.05, 4.69) is 61.3 Å². The monoisotopic (exact) mass is 873 g/mol. The molecule has 4 heterocycles. The molecule has 5 aliphatic rings. The molecule has 2 aromatic rings. The van der Waals surface area contributed by atoms with Crippen LogP contribution in [0.4, 0.5) is 5.13 Å². The first-order valence-corrected chi connectivity index (χ1v) is 22.4. The van der Waals surface area contributed by atoms with E-state index in [1.165, 1.54) is 36.6 Å². The Kier molecular flexibility index (Phi) is 13.4. The number of nitrogens with two attached hydrogens (primary N) is 1. The van der Waals surface area contributed by atoms with Crippen molar-refractivity contribution in [3.63, 3.8) is 0 Å². The molecule has 1 fully saturated rings. The topological polar surface area (TPSA) is 241 Å². The summed E-state index contributed by atoms with van der Waals surface area (Å²) in [6.45, 7) is 8.29. The third-order valence-electron chi connectivity index (χ3n) is 11.8. The number of Topliss-reactive ketones (excluding diaryl/α,β-unsaturated/α-hetero) is 1. The Balaban J connectivity index is 0.964. The van der Waals surface area contributed by atoms with Gasteiger partial charge in [-0.15, -0.1) is 11.3 Å². The Morgan fingerprint density at radius 1 is 1.18 bits per heavy atom. The molecule has 1 saturated carbocycles. The van der Waals surface area contributed by atoms with Gasteiger partial charge in [0.25, 0.3) is 5.91 Å². The van der Waals surface area contributed by atoms with Crippen molar-refractivity contribution in [1.82, 2.24) is 20.8 Å². The number of thioether (sulfide) groups is 1. The van der Waals surface area contributed by atoms with Crippen molar-refractivity contribution in [2.45, 2.75) is 89.2 Å². The minimum atomic E-state index is -1.76. The largest absolute Gasteiger partial charge is 0.478 e. The van der Waals surface area contributed by atoms with Crippen LogP contribution in [0.2, 0.25) is 0 Å². The van der Waals surface area contributed by atoms with Crippen LogP contribution in [0.15, 0.2) is 84.4 Å². The summed E-state index contributed by atoms with van der Waals surface area (Å²) in [4.78, 5) is 65.5. The normalized spacial score (nSPS) is 25.5. The number of hydrogen-bond donors (Lipinski definition) is 5. The number of carbonyl (C=O) groups is 4. The van der Waals surface area contributed by atoms with Crippen LogP contribution in [0.3, 0.4) is 0 Å². The first-order valence-electron chi connectivity index (χ1n) is 20.4. The van der Waals surface area contributed by atoms with E-state index in [4.69, 9.17) is 19.8 Å². The summed E-state index contributed by atoms with van der Waals surface area (Å²) in [5, 5.41) is 35.3. The van der Waals surface area contributed by atoms with Gasteiger partial charge < -0.3 is 40.7 Å². The van der Waals surface area contributed by atoms with Crippen molar-refractivity contribution in [2.75, 3.05) is 31.2 Å². The number of aliphatic imine (C=N–C) groups is 1. The SMILES string of the molecule is CC1=CC2=C(C=CC1OCCC1=C(C(=O)O)C(C)C3CC(=O)[C@@H](NC(=O)/C(=N\OC(C)(C)C(=O)O)c4csc(N)n4)[C@H]3SC1)CCC(CCc1cc(C3=NCCN3)no1)C=C2. The number of rotatable bonds is 15. The number of hydrogen-bond acceptors (Lipinski definition) is 15. The quantitative estimate of drug-likeness (QED) is 0.116. The molecule has 324 valence electrons. The van der Waals surface area contributed by atoms with Crippen molar-refractivity contribution < 1.29 is 43.5 Å². The summed E-state index contributed by atoms with van der Waals surface area (Å²) in [5.41, 5.74) is 8.99. The highest BCUT2D eigenvalue weighted by molar-refractivity contribution is 8.00. The summed E-state index contributed by atoms with van der Waals surface area (Å²) in [5.74, 6) is -1.85. The molecule has 7 rings (SSSR count). The number of nitrogens with one attached hydrogen (secondary N) is 2. The van der Waals surface area contributed by atoms with Gasteiger partial charge in [0.1, 0.15) is 23.2 Å². The zero-order chi connectivity index (χ0) is 43.4. The maximum absolute atomic E-state index is 13.7.